The second kappa shape index (κ2) is 3.51. The molecule has 0 spiro atoms. The summed E-state index contributed by atoms with van der Waals surface area (Å²) in [4.78, 5) is 5.44. The molecule has 3 rings (SSSR count). The van der Waals surface area contributed by atoms with E-state index in [1.165, 1.54) is 11.1 Å². The Hall–Kier alpha value is -1.51. The number of rotatable bonds is 1. The average Bonchev–Trinajstić information content (AvgIpc) is 2.76. The van der Waals surface area contributed by atoms with Crippen LogP contribution >= 0.6 is 0 Å². The Balaban J connectivity index is 2.07. The molecule has 0 radical (unpaired) electrons. The fourth-order valence-corrected chi connectivity index (χ4v) is 2.62. The molecule has 3 nitrogen and oxygen atoms in total. The number of nitrogens with zero attached hydrogens (tertiary/aromatic N) is 1. The van der Waals surface area contributed by atoms with E-state index in [1.54, 1.807) is 7.11 Å². The molecule has 3 heteroatoms. The first-order valence-corrected chi connectivity index (χ1v) is 5.66. The summed E-state index contributed by atoms with van der Waals surface area (Å²) in [6.45, 7) is 2.07. The highest BCUT2D eigenvalue weighted by Crippen LogP contribution is 2.41. The van der Waals surface area contributed by atoms with Crippen molar-refractivity contribution in [3.8, 4) is 5.75 Å². The predicted octanol–water partition coefficient (Wildman–Crippen LogP) is 2.62. The van der Waals surface area contributed by atoms with Crippen molar-refractivity contribution in [1.82, 2.24) is 0 Å². The molecule has 1 heterocycles. The van der Waals surface area contributed by atoms with Crippen molar-refractivity contribution in [2.45, 2.75) is 25.9 Å². The van der Waals surface area contributed by atoms with Crippen LogP contribution in [0.25, 0.3) is 0 Å². The van der Waals surface area contributed by atoms with Gasteiger partial charge < -0.3 is 9.57 Å². The molecule has 0 saturated heterocycles. The minimum Gasteiger partial charge on any atom is -0.496 e. The Morgan fingerprint density at radius 2 is 2.31 bits per heavy atom. The maximum absolute atomic E-state index is 5.44. The van der Waals surface area contributed by atoms with Crippen LogP contribution < -0.4 is 4.74 Å². The van der Waals surface area contributed by atoms with E-state index in [1.807, 2.05) is 6.21 Å². The minimum absolute atomic E-state index is 0.133. The zero-order chi connectivity index (χ0) is 11.1. The van der Waals surface area contributed by atoms with Crippen LogP contribution in [0.4, 0.5) is 0 Å². The van der Waals surface area contributed by atoms with Crippen molar-refractivity contribution < 1.29 is 9.57 Å². The van der Waals surface area contributed by atoms with Gasteiger partial charge in [-0.15, -0.1) is 0 Å². The van der Waals surface area contributed by atoms with Crippen LogP contribution in [0.5, 0.6) is 5.75 Å². The maximum atomic E-state index is 5.44. The van der Waals surface area contributed by atoms with Crippen LogP contribution in [0.3, 0.4) is 0 Å². The van der Waals surface area contributed by atoms with Crippen LogP contribution in [0.15, 0.2) is 17.3 Å². The maximum Gasteiger partial charge on any atom is 0.160 e. The summed E-state index contributed by atoms with van der Waals surface area (Å²) in [5.41, 5.74) is 3.79. The average molecular weight is 217 g/mol. The standard InChI is InChI=1S/C13H15NO2/c1-8-5-11-9(6-12(8)15-2)3-4-10-7-14-16-13(10)11/h5-7,10,13H,3-4H2,1-2H3/t10-,13+/m1/s1. The summed E-state index contributed by atoms with van der Waals surface area (Å²) in [5, 5.41) is 3.94. The van der Waals surface area contributed by atoms with Gasteiger partial charge >= 0.3 is 0 Å². The zero-order valence-electron chi connectivity index (χ0n) is 9.56. The van der Waals surface area contributed by atoms with Crippen molar-refractivity contribution in [2.24, 2.45) is 11.1 Å². The molecule has 2 atom stereocenters. The number of fused-ring (bicyclic) bond motifs is 3. The Morgan fingerprint density at radius 3 is 3.12 bits per heavy atom. The first kappa shape index (κ1) is 9.70. The molecular formula is C13H15NO2. The summed E-state index contributed by atoms with van der Waals surface area (Å²) in [5.74, 6) is 1.43. The summed E-state index contributed by atoms with van der Waals surface area (Å²) in [6.07, 6.45) is 4.27. The van der Waals surface area contributed by atoms with E-state index in [-0.39, 0.29) is 6.10 Å². The van der Waals surface area contributed by atoms with Crippen molar-refractivity contribution in [2.75, 3.05) is 7.11 Å². The first-order valence-electron chi connectivity index (χ1n) is 5.66. The number of aryl methyl sites for hydroxylation is 2. The SMILES string of the molecule is COc1cc2c(cc1C)[C@H]1ON=C[C@H]1CC2. The number of oxime groups is 1. The molecule has 1 aromatic rings. The normalized spacial score (nSPS) is 25.9. The van der Waals surface area contributed by atoms with Gasteiger partial charge in [0.1, 0.15) is 5.75 Å². The monoisotopic (exact) mass is 217 g/mol. The number of methoxy groups -OCH3 is 1. The molecule has 1 aromatic carbocycles. The van der Waals surface area contributed by atoms with Gasteiger partial charge in [0.15, 0.2) is 6.10 Å². The van der Waals surface area contributed by atoms with Gasteiger partial charge in [0.05, 0.1) is 13.3 Å². The summed E-state index contributed by atoms with van der Waals surface area (Å²) in [7, 11) is 1.72. The smallest absolute Gasteiger partial charge is 0.160 e. The van der Waals surface area contributed by atoms with Gasteiger partial charge in [0.25, 0.3) is 0 Å². The third kappa shape index (κ3) is 1.31. The van der Waals surface area contributed by atoms with Gasteiger partial charge in [-0.3, -0.25) is 0 Å². The summed E-state index contributed by atoms with van der Waals surface area (Å²) < 4.78 is 5.35. The topological polar surface area (TPSA) is 30.8 Å². The first-order chi connectivity index (χ1) is 7.79. The highest BCUT2D eigenvalue weighted by molar-refractivity contribution is 5.64. The van der Waals surface area contributed by atoms with Gasteiger partial charge in [-0.2, -0.15) is 0 Å². The van der Waals surface area contributed by atoms with E-state index in [9.17, 15) is 0 Å². The number of hydrogen-bond acceptors (Lipinski definition) is 3. The van der Waals surface area contributed by atoms with Gasteiger partial charge in [0, 0.05) is 5.92 Å². The largest absolute Gasteiger partial charge is 0.496 e. The van der Waals surface area contributed by atoms with E-state index in [4.69, 9.17) is 9.57 Å². The lowest BCUT2D eigenvalue weighted by molar-refractivity contribution is 0.0541. The third-order valence-corrected chi connectivity index (χ3v) is 3.53. The van der Waals surface area contributed by atoms with Crippen LogP contribution in [0.1, 0.15) is 29.2 Å². The minimum atomic E-state index is 0.133. The highest BCUT2D eigenvalue weighted by Gasteiger charge is 2.34. The zero-order valence-corrected chi connectivity index (χ0v) is 9.56. The van der Waals surface area contributed by atoms with Gasteiger partial charge in [0.2, 0.25) is 0 Å². The molecule has 0 bridgehead atoms. The van der Waals surface area contributed by atoms with E-state index in [0.717, 1.165) is 24.2 Å². The number of benzene rings is 1. The lowest BCUT2D eigenvalue weighted by Crippen LogP contribution is -2.19. The molecule has 84 valence electrons. The fourth-order valence-electron chi connectivity index (χ4n) is 2.62. The van der Waals surface area contributed by atoms with Crippen molar-refractivity contribution in [3.05, 3.63) is 28.8 Å². The van der Waals surface area contributed by atoms with Gasteiger partial charge in [-0.1, -0.05) is 5.16 Å². The summed E-state index contributed by atoms with van der Waals surface area (Å²) in [6, 6.07) is 4.32. The van der Waals surface area contributed by atoms with Crippen molar-refractivity contribution in [3.63, 3.8) is 0 Å². The Bertz CT molecular complexity index is 453. The van der Waals surface area contributed by atoms with Crippen molar-refractivity contribution in [1.29, 1.82) is 0 Å². The molecule has 0 saturated carbocycles. The van der Waals surface area contributed by atoms with Gasteiger partial charge in [-0.25, -0.2) is 0 Å². The fraction of sp³-hybridized carbons (Fsp3) is 0.462. The van der Waals surface area contributed by atoms with Gasteiger partial charge in [-0.05, 0) is 48.6 Å². The van der Waals surface area contributed by atoms with Crippen LogP contribution in [0, 0.1) is 12.8 Å². The number of hydrogen-bond donors (Lipinski definition) is 0. The predicted molar refractivity (Wildman–Crippen MR) is 61.9 cm³/mol. The Kier molecular flexibility index (Phi) is 2.13. The lowest BCUT2D eigenvalue weighted by atomic mass is 9.81. The molecule has 0 N–H and O–H groups in total. The molecule has 0 amide bonds. The Morgan fingerprint density at radius 1 is 1.44 bits per heavy atom. The third-order valence-electron chi connectivity index (χ3n) is 3.53. The quantitative estimate of drug-likeness (QED) is 0.724. The second-order valence-corrected chi connectivity index (χ2v) is 4.50. The highest BCUT2D eigenvalue weighted by atomic mass is 16.6. The molecule has 0 unspecified atom stereocenters. The van der Waals surface area contributed by atoms with Crippen molar-refractivity contribution >= 4 is 6.21 Å². The Labute approximate surface area is 95.1 Å². The molecule has 16 heavy (non-hydrogen) atoms. The molecule has 0 fully saturated rings. The lowest BCUT2D eigenvalue weighted by Gasteiger charge is -2.26. The molecule has 1 aliphatic carbocycles. The molecule has 1 aliphatic heterocycles. The van der Waals surface area contributed by atoms with Crippen LogP contribution in [-0.2, 0) is 11.3 Å². The molecular weight excluding hydrogens is 202 g/mol. The van der Waals surface area contributed by atoms with Crippen LogP contribution in [-0.4, -0.2) is 13.3 Å². The molecule has 0 aromatic heterocycles. The van der Waals surface area contributed by atoms with Crippen LogP contribution in [0.2, 0.25) is 0 Å². The summed E-state index contributed by atoms with van der Waals surface area (Å²) >= 11 is 0. The molecule has 2 aliphatic rings. The second-order valence-electron chi connectivity index (χ2n) is 4.50. The van der Waals surface area contributed by atoms with E-state index in [2.05, 4.69) is 24.2 Å². The van der Waals surface area contributed by atoms with E-state index >= 15 is 0 Å². The van der Waals surface area contributed by atoms with E-state index in [0.29, 0.717) is 5.92 Å². The van der Waals surface area contributed by atoms with E-state index < -0.39 is 0 Å². The number of ether oxygens (including phenoxy) is 1.